The normalized spacial score (nSPS) is 11.3. The Morgan fingerprint density at radius 2 is 1.55 bits per heavy atom. The molecular weight excluding hydrogens is 514 g/mol. The van der Waals surface area contributed by atoms with E-state index in [1.807, 2.05) is 6.92 Å². The van der Waals surface area contributed by atoms with E-state index in [0.717, 1.165) is 10.9 Å². The van der Waals surface area contributed by atoms with Crippen LogP contribution in [0.4, 0.5) is 28.4 Å². The highest BCUT2D eigenvalue weighted by Crippen LogP contribution is 2.40. The van der Waals surface area contributed by atoms with Crippen LogP contribution in [0, 0.1) is 6.92 Å². The maximum absolute atomic E-state index is 11.3. The largest absolute Gasteiger partial charge is 0.505 e. The Labute approximate surface area is 230 Å². The predicted molar refractivity (Wildman–Crippen MR) is 152 cm³/mol. The van der Waals surface area contributed by atoms with Crippen LogP contribution in [-0.2, 0) is 4.79 Å². The van der Waals surface area contributed by atoms with Gasteiger partial charge in [0.15, 0.2) is 11.5 Å². The minimum Gasteiger partial charge on any atom is -0.505 e. The minimum atomic E-state index is -0.178. The number of fused-ring (bicyclic) bond motifs is 1. The van der Waals surface area contributed by atoms with Crippen molar-refractivity contribution in [2.75, 3.05) is 32.8 Å². The van der Waals surface area contributed by atoms with Crippen molar-refractivity contribution in [2.24, 2.45) is 20.5 Å². The molecule has 0 saturated heterocycles. The van der Waals surface area contributed by atoms with Crippen LogP contribution in [0.25, 0.3) is 10.8 Å². The quantitative estimate of drug-likeness (QED) is 0.183. The number of aliphatic hydroxyl groups is 1. The number of methoxy groups -OCH3 is 2. The van der Waals surface area contributed by atoms with E-state index in [-0.39, 0.29) is 30.6 Å². The van der Waals surface area contributed by atoms with Gasteiger partial charge >= 0.3 is 0 Å². The molecular formula is C29H29N5O6. The fourth-order valence-corrected chi connectivity index (χ4v) is 3.87. The van der Waals surface area contributed by atoms with Crippen molar-refractivity contribution in [1.29, 1.82) is 0 Å². The molecule has 40 heavy (non-hydrogen) atoms. The van der Waals surface area contributed by atoms with Crippen molar-refractivity contribution < 1.29 is 29.2 Å². The predicted octanol–water partition coefficient (Wildman–Crippen LogP) is 7.03. The number of benzene rings is 4. The molecule has 206 valence electrons. The maximum atomic E-state index is 11.3. The zero-order chi connectivity index (χ0) is 28.6. The van der Waals surface area contributed by atoms with Gasteiger partial charge in [-0.25, -0.2) is 0 Å². The van der Waals surface area contributed by atoms with Crippen molar-refractivity contribution in [3.05, 3.63) is 66.2 Å². The second-order valence-corrected chi connectivity index (χ2v) is 8.67. The summed E-state index contributed by atoms with van der Waals surface area (Å²) in [6, 6.07) is 17.2. The molecule has 0 unspecified atom stereocenters. The third-order valence-corrected chi connectivity index (χ3v) is 5.83. The summed E-state index contributed by atoms with van der Waals surface area (Å²) in [6.45, 7) is 3.25. The van der Waals surface area contributed by atoms with E-state index >= 15 is 0 Å². The van der Waals surface area contributed by atoms with E-state index in [2.05, 4.69) is 25.8 Å². The summed E-state index contributed by atoms with van der Waals surface area (Å²) in [5.74, 6) is 1.22. The number of amides is 1. The van der Waals surface area contributed by atoms with Gasteiger partial charge in [-0.3, -0.25) is 4.79 Å². The Morgan fingerprint density at radius 3 is 2.27 bits per heavy atom. The van der Waals surface area contributed by atoms with Crippen LogP contribution in [-0.4, -0.2) is 43.6 Å². The molecule has 1 amide bonds. The highest BCUT2D eigenvalue weighted by atomic mass is 16.5. The zero-order valence-corrected chi connectivity index (χ0v) is 22.5. The molecule has 4 aromatic rings. The summed E-state index contributed by atoms with van der Waals surface area (Å²) in [6.07, 6.45) is 0. The molecule has 0 aliphatic rings. The van der Waals surface area contributed by atoms with Gasteiger partial charge in [0.2, 0.25) is 5.91 Å². The van der Waals surface area contributed by atoms with Crippen LogP contribution < -0.4 is 19.5 Å². The smallest absolute Gasteiger partial charge is 0.221 e. The second-order valence-electron chi connectivity index (χ2n) is 8.67. The molecule has 3 N–H and O–H groups in total. The van der Waals surface area contributed by atoms with Gasteiger partial charge in [0.25, 0.3) is 0 Å². The fraction of sp³-hybridized carbons (Fsp3) is 0.207. The van der Waals surface area contributed by atoms with E-state index < -0.39 is 0 Å². The number of phenols is 1. The number of anilines is 1. The molecule has 4 aromatic carbocycles. The number of aromatic hydroxyl groups is 1. The Hall–Kier alpha value is -5.03. The Balaban J connectivity index is 1.61. The number of nitrogens with one attached hydrogen (secondary N) is 1. The summed E-state index contributed by atoms with van der Waals surface area (Å²) < 4.78 is 16.3. The minimum absolute atomic E-state index is 0.0320. The van der Waals surface area contributed by atoms with Crippen molar-refractivity contribution in [2.45, 2.75) is 13.8 Å². The first-order valence-electron chi connectivity index (χ1n) is 12.3. The lowest BCUT2D eigenvalue weighted by Gasteiger charge is -2.10. The maximum Gasteiger partial charge on any atom is 0.221 e. The van der Waals surface area contributed by atoms with Gasteiger partial charge in [-0.15, -0.1) is 15.3 Å². The molecule has 0 saturated carbocycles. The summed E-state index contributed by atoms with van der Waals surface area (Å²) in [5, 5.41) is 41.2. The molecule has 0 heterocycles. The zero-order valence-electron chi connectivity index (χ0n) is 22.5. The average molecular weight is 544 g/mol. The number of ether oxygens (including phenoxy) is 3. The molecule has 0 bridgehead atoms. The number of hydrogen-bond acceptors (Lipinski definition) is 10. The summed E-state index contributed by atoms with van der Waals surface area (Å²) in [4.78, 5) is 11.3. The molecule has 0 aromatic heterocycles. The van der Waals surface area contributed by atoms with Crippen LogP contribution in [0.3, 0.4) is 0 Å². The van der Waals surface area contributed by atoms with Crippen molar-refractivity contribution in [3.63, 3.8) is 0 Å². The number of rotatable bonds is 10. The van der Waals surface area contributed by atoms with Gasteiger partial charge in [-0.05, 0) is 60.3 Å². The van der Waals surface area contributed by atoms with Gasteiger partial charge in [0, 0.05) is 30.1 Å². The lowest BCUT2D eigenvalue weighted by molar-refractivity contribution is -0.114. The van der Waals surface area contributed by atoms with E-state index in [9.17, 15) is 9.90 Å². The van der Waals surface area contributed by atoms with Crippen LogP contribution in [0.5, 0.6) is 23.0 Å². The molecule has 4 rings (SSSR count). The number of carbonyl (C=O) groups excluding carboxylic acids is 1. The number of hydrogen-bond donors (Lipinski definition) is 3. The van der Waals surface area contributed by atoms with E-state index in [1.54, 1.807) is 67.8 Å². The average Bonchev–Trinajstić information content (AvgIpc) is 2.95. The summed E-state index contributed by atoms with van der Waals surface area (Å²) >= 11 is 0. The van der Waals surface area contributed by atoms with Gasteiger partial charge in [0.05, 0.1) is 26.5 Å². The molecule has 11 heteroatoms. The highest BCUT2D eigenvalue weighted by molar-refractivity contribution is 5.97. The second kappa shape index (κ2) is 12.7. The first kappa shape index (κ1) is 28.0. The molecule has 0 atom stereocenters. The van der Waals surface area contributed by atoms with Gasteiger partial charge in [-0.1, -0.05) is 6.07 Å². The number of phenolic OH excluding ortho intramolecular Hbond substituents is 1. The molecule has 0 aliphatic carbocycles. The monoisotopic (exact) mass is 543 g/mol. The first-order chi connectivity index (χ1) is 19.3. The Kier molecular flexibility index (Phi) is 8.87. The number of carbonyl (C=O) groups is 1. The molecule has 11 nitrogen and oxygen atoms in total. The number of azo groups is 2. The van der Waals surface area contributed by atoms with Crippen LogP contribution in [0.15, 0.2) is 81.1 Å². The van der Waals surface area contributed by atoms with Gasteiger partial charge in [0.1, 0.15) is 35.2 Å². The van der Waals surface area contributed by atoms with E-state index in [1.165, 1.54) is 14.0 Å². The number of nitrogens with zero attached hydrogens (tertiary/aromatic N) is 4. The molecule has 0 spiro atoms. The lowest BCUT2D eigenvalue weighted by Crippen LogP contribution is -2.05. The lowest BCUT2D eigenvalue weighted by atomic mass is 10.1. The number of aryl methyl sites for hydroxylation is 1. The van der Waals surface area contributed by atoms with E-state index in [4.69, 9.17) is 19.3 Å². The van der Waals surface area contributed by atoms with Gasteiger partial charge in [-0.2, -0.15) is 5.11 Å². The third-order valence-electron chi connectivity index (χ3n) is 5.83. The van der Waals surface area contributed by atoms with Crippen LogP contribution in [0.2, 0.25) is 0 Å². The van der Waals surface area contributed by atoms with Crippen molar-refractivity contribution in [1.82, 2.24) is 0 Å². The fourth-order valence-electron chi connectivity index (χ4n) is 3.87. The van der Waals surface area contributed by atoms with Crippen LogP contribution in [0.1, 0.15) is 12.5 Å². The van der Waals surface area contributed by atoms with Crippen molar-refractivity contribution in [3.8, 4) is 23.0 Å². The van der Waals surface area contributed by atoms with E-state index in [0.29, 0.717) is 45.4 Å². The summed E-state index contributed by atoms with van der Waals surface area (Å²) in [5.41, 5.74) is 3.12. The SMILES string of the molecule is COc1ccc(N=Nc2cc(OC)c(N=Nc3ccc4cc(NC(C)=O)ccc4c3O)cc2C)c(OCCO)c1. The van der Waals surface area contributed by atoms with Crippen LogP contribution >= 0.6 is 0 Å². The first-order valence-corrected chi connectivity index (χ1v) is 12.3. The Morgan fingerprint density at radius 1 is 0.825 bits per heavy atom. The highest BCUT2D eigenvalue weighted by Gasteiger charge is 2.12. The molecule has 0 radical (unpaired) electrons. The standard InChI is InChI=1S/C29H29N5O6/c1-17-13-26(34-32-24-9-5-19-14-20(30-18(2)36)6-8-22(19)29(24)37)27(39-4)16-25(17)33-31-23-10-7-21(38-3)15-28(23)40-12-11-35/h5-10,13-16,35,37H,11-12H2,1-4H3,(H,30,36). The topological polar surface area (TPSA) is 147 Å². The third kappa shape index (κ3) is 6.51. The van der Waals surface area contributed by atoms with Gasteiger partial charge < -0.3 is 29.7 Å². The number of aliphatic hydroxyl groups excluding tert-OH is 1. The Bertz CT molecular complexity index is 1600. The molecule has 0 fully saturated rings. The van der Waals surface area contributed by atoms with Crippen molar-refractivity contribution >= 4 is 45.1 Å². The molecule has 0 aliphatic heterocycles. The summed E-state index contributed by atoms with van der Waals surface area (Å²) in [7, 11) is 3.06.